The molecule has 1 rings (SSSR count). The van der Waals surface area contributed by atoms with Gasteiger partial charge in [0, 0.05) is 12.2 Å². The number of thioether (sulfide) groups is 1. The van der Waals surface area contributed by atoms with E-state index in [4.69, 9.17) is 15.7 Å². The average molecular weight is 254 g/mol. The summed E-state index contributed by atoms with van der Waals surface area (Å²) in [6, 6.07) is 7.63. The molecular formula is C12H18N2O2S. The zero-order valence-electron chi connectivity index (χ0n) is 9.93. The molecule has 0 spiro atoms. The van der Waals surface area contributed by atoms with Gasteiger partial charge in [0.25, 0.3) is 0 Å². The highest BCUT2D eigenvalue weighted by Gasteiger charge is 1.98. The Morgan fingerprint density at radius 3 is 2.71 bits per heavy atom. The van der Waals surface area contributed by atoms with Gasteiger partial charge in [-0.2, -0.15) is 11.8 Å². The van der Waals surface area contributed by atoms with Gasteiger partial charge in [0.15, 0.2) is 0 Å². The lowest BCUT2D eigenvalue weighted by Crippen LogP contribution is -2.14. The molecule has 94 valence electrons. The number of nitrogens with zero attached hydrogens (tertiary/aromatic N) is 1. The van der Waals surface area contributed by atoms with E-state index < -0.39 is 0 Å². The maximum absolute atomic E-state index is 8.45. The van der Waals surface area contributed by atoms with Crippen molar-refractivity contribution in [2.75, 3.05) is 18.1 Å². The van der Waals surface area contributed by atoms with E-state index in [1.165, 1.54) is 0 Å². The molecule has 0 fully saturated rings. The number of benzene rings is 1. The Morgan fingerprint density at radius 2 is 2.12 bits per heavy atom. The van der Waals surface area contributed by atoms with Crippen LogP contribution < -0.4 is 10.5 Å². The molecule has 1 aromatic carbocycles. The molecule has 0 unspecified atom stereocenters. The van der Waals surface area contributed by atoms with Gasteiger partial charge in [-0.1, -0.05) is 24.2 Å². The number of oxime groups is 1. The smallest absolute Gasteiger partial charge is 0.143 e. The van der Waals surface area contributed by atoms with Gasteiger partial charge in [0.2, 0.25) is 0 Å². The van der Waals surface area contributed by atoms with E-state index in [1.54, 1.807) is 0 Å². The molecule has 17 heavy (non-hydrogen) atoms. The molecule has 0 saturated heterocycles. The first-order valence-electron chi connectivity index (χ1n) is 5.52. The lowest BCUT2D eigenvalue weighted by atomic mass is 10.1. The topological polar surface area (TPSA) is 67.8 Å². The second-order valence-electron chi connectivity index (χ2n) is 3.46. The van der Waals surface area contributed by atoms with E-state index >= 15 is 0 Å². The van der Waals surface area contributed by atoms with Crippen molar-refractivity contribution in [2.45, 2.75) is 13.3 Å². The molecule has 1 aromatic rings. The second-order valence-corrected chi connectivity index (χ2v) is 4.85. The Kier molecular flexibility index (Phi) is 6.32. The summed E-state index contributed by atoms with van der Waals surface area (Å²) in [5.41, 5.74) is 6.42. The third kappa shape index (κ3) is 5.49. The van der Waals surface area contributed by atoms with Crippen LogP contribution in [0.5, 0.6) is 5.75 Å². The zero-order valence-corrected chi connectivity index (χ0v) is 10.7. The molecule has 0 aliphatic carbocycles. The maximum Gasteiger partial charge on any atom is 0.143 e. The fourth-order valence-corrected chi connectivity index (χ4v) is 1.80. The quantitative estimate of drug-likeness (QED) is 0.257. The summed E-state index contributed by atoms with van der Waals surface area (Å²) < 4.78 is 5.56. The molecule has 4 nitrogen and oxygen atoms in total. The number of amidine groups is 1. The van der Waals surface area contributed by atoms with E-state index in [0.717, 1.165) is 29.4 Å². The van der Waals surface area contributed by atoms with Gasteiger partial charge in [0.1, 0.15) is 11.6 Å². The van der Waals surface area contributed by atoms with Gasteiger partial charge in [-0.05, 0) is 23.4 Å². The van der Waals surface area contributed by atoms with Crippen LogP contribution in [0.1, 0.15) is 12.5 Å². The lowest BCUT2D eigenvalue weighted by molar-refractivity contribution is 0.317. The first-order valence-corrected chi connectivity index (χ1v) is 6.67. The highest BCUT2D eigenvalue weighted by Crippen LogP contribution is 2.13. The van der Waals surface area contributed by atoms with Crippen LogP contribution in [0.25, 0.3) is 0 Å². The minimum atomic E-state index is 0.206. The maximum atomic E-state index is 8.45. The van der Waals surface area contributed by atoms with Crippen LogP contribution in [-0.2, 0) is 6.42 Å². The molecule has 0 aromatic heterocycles. The van der Waals surface area contributed by atoms with Crippen molar-refractivity contribution in [1.82, 2.24) is 0 Å². The van der Waals surface area contributed by atoms with Crippen molar-refractivity contribution in [3.63, 3.8) is 0 Å². The molecule has 0 bridgehead atoms. The number of ether oxygens (including phenoxy) is 1. The molecule has 3 N–H and O–H groups in total. The van der Waals surface area contributed by atoms with Crippen LogP contribution in [0.15, 0.2) is 29.4 Å². The summed E-state index contributed by atoms with van der Waals surface area (Å²) in [5, 5.41) is 11.4. The fourth-order valence-electron chi connectivity index (χ4n) is 1.31. The Hall–Kier alpha value is -1.36. The molecule has 0 radical (unpaired) electrons. The first-order chi connectivity index (χ1) is 8.26. The predicted molar refractivity (Wildman–Crippen MR) is 72.0 cm³/mol. The van der Waals surface area contributed by atoms with Crippen LogP contribution in [0.2, 0.25) is 0 Å². The monoisotopic (exact) mass is 254 g/mol. The Morgan fingerprint density at radius 1 is 1.41 bits per heavy atom. The molecule has 0 saturated carbocycles. The SMILES string of the molecule is CCSCCOc1ccc(C/C(N)=N/O)cc1. The minimum Gasteiger partial charge on any atom is -0.493 e. The summed E-state index contributed by atoms with van der Waals surface area (Å²) in [6.07, 6.45) is 0.447. The molecular weight excluding hydrogens is 236 g/mol. The lowest BCUT2D eigenvalue weighted by Gasteiger charge is -2.06. The van der Waals surface area contributed by atoms with Gasteiger partial charge >= 0.3 is 0 Å². The summed E-state index contributed by atoms with van der Waals surface area (Å²) in [6.45, 7) is 2.85. The van der Waals surface area contributed by atoms with E-state index in [-0.39, 0.29) is 5.84 Å². The standard InChI is InChI=1S/C12H18N2O2S/c1-2-17-8-7-16-11-5-3-10(4-6-11)9-12(13)14-15/h3-6,15H,2,7-9H2,1H3,(H2,13,14). The predicted octanol–water partition coefficient (Wildman–Crippen LogP) is 2.11. The summed E-state index contributed by atoms with van der Waals surface area (Å²) in [7, 11) is 0. The van der Waals surface area contributed by atoms with Crippen LogP contribution in [0.4, 0.5) is 0 Å². The van der Waals surface area contributed by atoms with Gasteiger partial charge in [0.05, 0.1) is 6.61 Å². The van der Waals surface area contributed by atoms with Gasteiger partial charge < -0.3 is 15.7 Å². The van der Waals surface area contributed by atoms with Gasteiger partial charge in [-0.3, -0.25) is 0 Å². The van der Waals surface area contributed by atoms with E-state index in [0.29, 0.717) is 6.42 Å². The van der Waals surface area contributed by atoms with Crippen LogP contribution >= 0.6 is 11.8 Å². The van der Waals surface area contributed by atoms with E-state index in [2.05, 4.69) is 12.1 Å². The van der Waals surface area contributed by atoms with Crippen LogP contribution in [-0.4, -0.2) is 29.2 Å². The second kappa shape index (κ2) is 7.84. The summed E-state index contributed by atoms with van der Waals surface area (Å²) in [4.78, 5) is 0. The fraction of sp³-hybridized carbons (Fsp3) is 0.417. The Balaban J connectivity index is 2.39. The molecule has 0 amide bonds. The molecule has 0 atom stereocenters. The normalized spacial score (nSPS) is 11.5. The molecule has 5 heteroatoms. The highest BCUT2D eigenvalue weighted by molar-refractivity contribution is 7.99. The largest absolute Gasteiger partial charge is 0.493 e. The van der Waals surface area contributed by atoms with Crippen LogP contribution in [0.3, 0.4) is 0 Å². The Labute approximate surface area is 106 Å². The third-order valence-corrected chi connectivity index (χ3v) is 3.00. The number of hydrogen-bond acceptors (Lipinski definition) is 4. The molecule has 0 aliphatic heterocycles. The van der Waals surface area contributed by atoms with Crippen molar-refractivity contribution in [3.8, 4) is 5.75 Å². The zero-order chi connectivity index (χ0) is 12.5. The van der Waals surface area contributed by atoms with Crippen molar-refractivity contribution in [2.24, 2.45) is 10.9 Å². The van der Waals surface area contributed by atoms with Crippen molar-refractivity contribution >= 4 is 17.6 Å². The van der Waals surface area contributed by atoms with E-state index in [1.807, 2.05) is 36.0 Å². The number of rotatable bonds is 7. The Bertz CT molecular complexity index is 352. The van der Waals surface area contributed by atoms with Crippen molar-refractivity contribution in [3.05, 3.63) is 29.8 Å². The van der Waals surface area contributed by atoms with Gasteiger partial charge in [-0.25, -0.2) is 0 Å². The first kappa shape index (κ1) is 13.7. The summed E-state index contributed by atoms with van der Waals surface area (Å²) >= 11 is 1.86. The molecule has 0 aliphatic rings. The van der Waals surface area contributed by atoms with Crippen molar-refractivity contribution in [1.29, 1.82) is 0 Å². The molecule has 0 heterocycles. The summed E-state index contributed by atoms with van der Waals surface area (Å²) in [5.74, 6) is 3.17. The average Bonchev–Trinajstić information content (AvgIpc) is 2.36. The van der Waals surface area contributed by atoms with Gasteiger partial charge in [-0.15, -0.1) is 0 Å². The number of hydrogen-bond donors (Lipinski definition) is 2. The van der Waals surface area contributed by atoms with Crippen molar-refractivity contribution < 1.29 is 9.94 Å². The minimum absolute atomic E-state index is 0.206. The third-order valence-electron chi connectivity index (χ3n) is 2.14. The number of nitrogens with two attached hydrogens (primary N) is 1. The van der Waals surface area contributed by atoms with E-state index in [9.17, 15) is 0 Å². The highest BCUT2D eigenvalue weighted by atomic mass is 32.2. The van der Waals surface area contributed by atoms with Crippen LogP contribution in [0, 0.1) is 0 Å².